The minimum Gasteiger partial charge on any atom is -0.508 e. The lowest BCUT2D eigenvalue weighted by molar-refractivity contribution is 0.202. The third-order valence-electron chi connectivity index (χ3n) is 4.50. The maximum absolute atomic E-state index is 10.1. The molecule has 3 nitrogen and oxygen atoms in total. The average molecular weight is 441 g/mol. The third-order valence-corrected chi connectivity index (χ3v) is 4.50. The largest absolute Gasteiger partial charge is 0.508 e. The zero-order valence-corrected chi connectivity index (χ0v) is 22.1. The van der Waals surface area contributed by atoms with E-state index in [0.29, 0.717) is 18.1 Å². The SMILES string of the molecule is C=C(C)OCc1c(-c2cc(O)ccc2OC)ccc(C)c1/C(C)=C\C(C)(C)C.CC.CC. The highest BCUT2D eigenvalue weighted by molar-refractivity contribution is 5.82. The molecule has 0 bridgehead atoms. The lowest BCUT2D eigenvalue weighted by Crippen LogP contribution is -2.05. The summed E-state index contributed by atoms with van der Waals surface area (Å²) < 4.78 is 11.4. The van der Waals surface area contributed by atoms with Crippen LogP contribution < -0.4 is 4.74 Å². The van der Waals surface area contributed by atoms with Crippen LogP contribution in [-0.4, -0.2) is 12.2 Å². The van der Waals surface area contributed by atoms with E-state index in [4.69, 9.17) is 9.47 Å². The fraction of sp³-hybridized carbons (Fsp3) is 0.448. The summed E-state index contributed by atoms with van der Waals surface area (Å²) in [5, 5.41) is 10.1. The smallest absolute Gasteiger partial charge is 0.126 e. The van der Waals surface area contributed by atoms with Crippen molar-refractivity contribution in [1.29, 1.82) is 0 Å². The quantitative estimate of drug-likeness (QED) is 0.456. The van der Waals surface area contributed by atoms with Crippen molar-refractivity contribution in [3.05, 3.63) is 65.4 Å². The first kappa shape index (κ1) is 29.3. The molecule has 0 saturated heterocycles. The topological polar surface area (TPSA) is 38.7 Å². The highest BCUT2D eigenvalue weighted by Crippen LogP contribution is 2.40. The van der Waals surface area contributed by atoms with Crippen LogP contribution in [0.15, 0.2) is 48.7 Å². The second-order valence-electron chi connectivity index (χ2n) is 8.35. The van der Waals surface area contributed by atoms with Crippen molar-refractivity contribution < 1.29 is 14.6 Å². The molecule has 178 valence electrons. The van der Waals surface area contributed by atoms with Crippen LogP contribution in [0.25, 0.3) is 16.7 Å². The molecule has 0 unspecified atom stereocenters. The Hall–Kier alpha value is -2.68. The van der Waals surface area contributed by atoms with Gasteiger partial charge in [0.2, 0.25) is 0 Å². The number of rotatable bonds is 6. The first-order valence-corrected chi connectivity index (χ1v) is 11.5. The number of hydrogen-bond donors (Lipinski definition) is 1. The second-order valence-corrected chi connectivity index (χ2v) is 8.35. The Labute approximate surface area is 196 Å². The van der Waals surface area contributed by atoms with Crippen LogP contribution in [0, 0.1) is 12.3 Å². The van der Waals surface area contributed by atoms with Crippen molar-refractivity contribution in [3.8, 4) is 22.6 Å². The van der Waals surface area contributed by atoms with E-state index in [9.17, 15) is 5.11 Å². The Morgan fingerprint density at radius 1 is 1.00 bits per heavy atom. The van der Waals surface area contributed by atoms with Crippen LogP contribution in [-0.2, 0) is 11.3 Å². The van der Waals surface area contributed by atoms with E-state index in [1.165, 1.54) is 16.7 Å². The van der Waals surface area contributed by atoms with Crippen molar-refractivity contribution in [2.24, 2.45) is 5.41 Å². The van der Waals surface area contributed by atoms with Crippen molar-refractivity contribution in [1.82, 2.24) is 0 Å². The zero-order chi connectivity index (χ0) is 25.1. The molecule has 0 atom stereocenters. The van der Waals surface area contributed by atoms with Gasteiger partial charge in [0.25, 0.3) is 0 Å². The molecule has 0 saturated carbocycles. The maximum atomic E-state index is 10.1. The zero-order valence-electron chi connectivity index (χ0n) is 22.1. The molecule has 1 N–H and O–H groups in total. The summed E-state index contributed by atoms with van der Waals surface area (Å²) in [5.41, 5.74) is 6.49. The Bertz CT molecular complexity index is 899. The van der Waals surface area contributed by atoms with Crippen LogP contribution in [0.5, 0.6) is 11.5 Å². The standard InChI is InChI=1S/C25H32O3.2C2H6/c1-16(2)28-15-22-20(21-13-19(26)10-12-23(21)27-8)11-9-17(3)24(22)18(4)14-25(5,6)7;2*1-2/h9-14,26H,1,15H2,2-8H3;2*1-2H3/b18-14-;;. The van der Waals surface area contributed by atoms with E-state index >= 15 is 0 Å². The molecule has 0 fully saturated rings. The summed E-state index contributed by atoms with van der Waals surface area (Å²) in [7, 11) is 1.64. The van der Waals surface area contributed by atoms with Crippen LogP contribution in [0.2, 0.25) is 0 Å². The molecule has 2 aromatic rings. The van der Waals surface area contributed by atoms with Crippen molar-refractivity contribution >= 4 is 5.57 Å². The van der Waals surface area contributed by atoms with Crippen molar-refractivity contribution in [2.75, 3.05) is 7.11 Å². The van der Waals surface area contributed by atoms with E-state index in [0.717, 1.165) is 16.7 Å². The molecule has 0 aromatic heterocycles. The van der Waals surface area contributed by atoms with Gasteiger partial charge in [-0.05, 0) is 66.6 Å². The number of hydrogen-bond acceptors (Lipinski definition) is 3. The third kappa shape index (κ3) is 8.45. The van der Waals surface area contributed by atoms with E-state index in [-0.39, 0.29) is 11.2 Å². The van der Waals surface area contributed by atoms with Gasteiger partial charge in [-0.25, -0.2) is 0 Å². The van der Waals surface area contributed by atoms with E-state index in [1.54, 1.807) is 25.3 Å². The molecule has 0 spiro atoms. The van der Waals surface area contributed by atoms with Gasteiger partial charge in [-0.3, -0.25) is 0 Å². The molecule has 2 aromatic carbocycles. The maximum Gasteiger partial charge on any atom is 0.126 e. The number of aromatic hydroxyl groups is 1. The molecule has 0 heterocycles. The predicted molar refractivity (Wildman–Crippen MR) is 140 cm³/mol. The Balaban J connectivity index is 0.00000227. The van der Waals surface area contributed by atoms with Crippen LogP contribution in [0.4, 0.5) is 0 Å². The molecular formula is C29H44O3. The molecule has 0 aliphatic heterocycles. The summed E-state index contributed by atoms with van der Waals surface area (Å²) in [4.78, 5) is 0. The summed E-state index contributed by atoms with van der Waals surface area (Å²) in [6.45, 7) is 25.0. The summed E-state index contributed by atoms with van der Waals surface area (Å²) in [6.07, 6.45) is 2.28. The van der Waals surface area contributed by atoms with Crippen LogP contribution >= 0.6 is 0 Å². The van der Waals surface area contributed by atoms with Crippen LogP contribution in [0.1, 0.15) is 79.0 Å². The van der Waals surface area contributed by atoms with E-state index in [2.05, 4.69) is 59.4 Å². The van der Waals surface area contributed by atoms with Gasteiger partial charge in [0, 0.05) is 11.1 Å². The van der Waals surface area contributed by atoms with Gasteiger partial charge in [-0.1, -0.05) is 73.3 Å². The monoisotopic (exact) mass is 440 g/mol. The fourth-order valence-electron chi connectivity index (χ4n) is 3.54. The number of allylic oxidation sites excluding steroid dienone is 3. The lowest BCUT2D eigenvalue weighted by Gasteiger charge is -2.22. The molecule has 0 amide bonds. The minimum absolute atomic E-state index is 0.0573. The van der Waals surface area contributed by atoms with Gasteiger partial charge in [0.1, 0.15) is 18.1 Å². The van der Waals surface area contributed by atoms with Gasteiger partial charge >= 0.3 is 0 Å². The van der Waals surface area contributed by atoms with Crippen molar-refractivity contribution in [2.45, 2.75) is 75.8 Å². The van der Waals surface area contributed by atoms with Gasteiger partial charge in [0.15, 0.2) is 0 Å². The molecular weight excluding hydrogens is 396 g/mol. The number of phenols is 1. The molecule has 0 aliphatic rings. The summed E-state index contributed by atoms with van der Waals surface area (Å²) in [5.74, 6) is 1.58. The molecule has 0 radical (unpaired) electrons. The Kier molecular flexibility index (Phi) is 12.5. The first-order valence-electron chi connectivity index (χ1n) is 11.5. The fourth-order valence-corrected chi connectivity index (χ4v) is 3.54. The molecule has 32 heavy (non-hydrogen) atoms. The number of phenolic OH excluding ortho intramolecular Hbond substituents is 1. The number of ether oxygens (including phenoxy) is 2. The van der Waals surface area contributed by atoms with Crippen LogP contribution in [0.3, 0.4) is 0 Å². The lowest BCUT2D eigenvalue weighted by atomic mass is 9.85. The van der Waals surface area contributed by atoms with Gasteiger partial charge < -0.3 is 14.6 Å². The highest BCUT2D eigenvalue weighted by atomic mass is 16.5. The molecule has 3 heteroatoms. The number of aryl methyl sites for hydroxylation is 1. The Morgan fingerprint density at radius 2 is 1.59 bits per heavy atom. The van der Waals surface area contributed by atoms with Gasteiger partial charge in [0.05, 0.1) is 12.9 Å². The summed E-state index contributed by atoms with van der Waals surface area (Å²) in [6, 6.07) is 9.33. The van der Waals surface area contributed by atoms with Gasteiger partial charge in [-0.2, -0.15) is 0 Å². The number of benzene rings is 2. The Morgan fingerprint density at radius 3 is 2.09 bits per heavy atom. The second kappa shape index (κ2) is 13.7. The average Bonchev–Trinajstić information content (AvgIpc) is 2.73. The summed E-state index contributed by atoms with van der Waals surface area (Å²) >= 11 is 0. The van der Waals surface area contributed by atoms with Gasteiger partial charge in [-0.15, -0.1) is 0 Å². The van der Waals surface area contributed by atoms with E-state index < -0.39 is 0 Å². The highest BCUT2D eigenvalue weighted by Gasteiger charge is 2.19. The van der Waals surface area contributed by atoms with Crippen molar-refractivity contribution in [3.63, 3.8) is 0 Å². The molecule has 0 aliphatic carbocycles. The first-order chi connectivity index (χ1) is 15.0. The molecule has 2 rings (SSSR count). The van der Waals surface area contributed by atoms with E-state index in [1.807, 2.05) is 34.6 Å². The minimum atomic E-state index is 0.0573. The normalized spacial score (nSPS) is 10.9. The number of methoxy groups -OCH3 is 1. The predicted octanol–water partition coefficient (Wildman–Crippen LogP) is 8.93.